The number of hydrogen-bond acceptors (Lipinski definition) is 6. The van der Waals surface area contributed by atoms with Gasteiger partial charge in [0.15, 0.2) is 17.3 Å². The van der Waals surface area contributed by atoms with E-state index >= 15 is 0 Å². The number of ketones is 1. The van der Waals surface area contributed by atoms with Crippen LogP contribution in [0.25, 0.3) is 0 Å². The highest BCUT2D eigenvalue weighted by molar-refractivity contribution is 5.96. The molecule has 0 unspecified atom stereocenters. The lowest BCUT2D eigenvalue weighted by Crippen LogP contribution is -2.27. The van der Waals surface area contributed by atoms with Gasteiger partial charge in [0, 0.05) is 11.3 Å². The van der Waals surface area contributed by atoms with Crippen LogP contribution in [0.15, 0.2) is 35.8 Å². The van der Waals surface area contributed by atoms with E-state index in [-0.39, 0.29) is 11.5 Å². The molecular formula is C15H16N4O3. The molecule has 22 heavy (non-hydrogen) atoms. The van der Waals surface area contributed by atoms with Gasteiger partial charge in [-0.3, -0.25) is 4.79 Å². The van der Waals surface area contributed by atoms with E-state index in [0.29, 0.717) is 17.3 Å². The highest BCUT2D eigenvalue weighted by atomic mass is 16.5. The van der Waals surface area contributed by atoms with Crippen LogP contribution >= 0.6 is 0 Å². The Morgan fingerprint density at radius 3 is 2.86 bits per heavy atom. The van der Waals surface area contributed by atoms with Gasteiger partial charge in [-0.1, -0.05) is 6.07 Å². The van der Waals surface area contributed by atoms with Crippen LogP contribution < -0.4 is 10.1 Å². The molecular weight excluding hydrogens is 284 g/mol. The second kappa shape index (κ2) is 5.18. The molecule has 1 aliphatic rings. The zero-order valence-corrected chi connectivity index (χ0v) is 12.5. The van der Waals surface area contributed by atoms with E-state index in [2.05, 4.69) is 15.4 Å². The molecule has 2 N–H and O–H groups in total. The summed E-state index contributed by atoms with van der Waals surface area (Å²) in [5.74, 6) is 0.886. The first-order valence-electron chi connectivity index (χ1n) is 6.78. The molecule has 0 saturated carbocycles. The SMILES string of the molecule is COc1ccc([C@H]2C(C(C)=O)=C(C)Nc3ncnn32)cc1O. The van der Waals surface area contributed by atoms with Crippen molar-refractivity contribution in [3.63, 3.8) is 0 Å². The number of carbonyl (C=O) groups excluding carboxylic acids is 1. The third-order valence-electron chi connectivity index (χ3n) is 3.69. The van der Waals surface area contributed by atoms with Crippen LogP contribution in [0.5, 0.6) is 11.5 Å². The van der Waals surface area contributed by atoms with Gasteiger partial charge in [-0.05, 0) is 31.5 Å². The molecule has 0 bridgehead atoms. The Bertz CT molecular complexity index is 779. The monoisotopic (exact) mass is 300 g/mol. The fourth-order valence-corrected chi connectivity index (χ4v) is 2.73. The maximum Gasteiger partial charge on any atom is 0.226 e. The van der Waals surface area contributed by atoms with E-state index in [1.54, 1.807) is 22.9 Å². The number of rotatable bonds is 3. The summed E-state index contributed by atoms with van der Waals surface area (Å²) in [6.07, 6.45) is 1.43. The minimum absolute atomic E-state index is 0.0146. The number of fused-ring (bicyclic) bond motifs is 1. The van der Waals surface area contributed by atoms with E-state index in [4.69, 9.17) is 4.74 Å². The fraction of sp³-hybridized carbons (Fsp3) is 0.267. The lowest BCUT2D eigenvalue weighted by atomic mass is 9.93. The number of methoxy groups -OCH3 is 1. The van der Waals surface area contributed by atoms with Crippen LogP contribution in [0, 0.1) is 0 Å². The van der Waals surface area contributed by atoms with Crippen molar-refractivity contribution in [1.82, 2.24) is 14.8 Å². The predicted octanol–water partition coefficient (Wildman–Crippen LogP) is 1.87. The van der Waals surface area contributed by atoms with Crippen LogP contribution in [-0.4, -0.2) is 32.8 Å². The number of allylic oxidation sites excluding steroid dienone is 2. The van der Waals surface area contributed by atoms with Gasteiger partial charge in [-0.2, -0.15) is 10.1 Å². The molecule has 0 saturated heterocycles. The molecule has 0 fully saturated rings. The first-order valence-corrected chi connectivity index (χ1v) is 6.78. The van der Waals surface area contributed by atoms with Crippen LogP contribution in [0.4, 0.5) is 5.95 Å². The number of phenols is 1. The Hall–Kier alpha value is -2.83. The highest BCUT2D eigenvalue weighted by Crippen LogP contribution is 2.38. The second-order valence-electron chi connectivity index (χ2n) is 5.08. The van der Waals surface area contributed by atoms with Gasteiger partial charge in [0.2, 0.25) is 5.95 Å². The van der Waals surface area contributed by atoms with Crippen molar-refractivity contribution in [2.24, 2.45) is 0 Å². The third-order valence-corrected chi connectivity index (χ3v) is 3.69. The molecule has 0 radical (unpaired) electrons. The normalized spacial score (nSPS) is 17.0. The fourth-order valence-electron chi connectivity index (χ4n) is 2.73. The first-order chi connectivity index (χ1) is 10.5. The summed E-state index contributed by atoms with van der Waals surface area (Å²) in [6, 6.07) is 4.61. The van der Waals surface area contributed by atoms with Crippen molar-refractivity contribution < 1.29 is 14.6 Å². The number of aromatic nitrogens is 3. The summed E-state index contributed by atoms with van der Waals surface area (Å²) in [4.78, 5) is 16.2. The number of anilines is 1. The molecule has 7 nitrogen and oxygen atoms in total. The number of Topliss-reactive ketones (excluding diaryl/α,β-unsaturated/α-hetero) is 1. The molecule has 1 aromatic carbocycles. The smallest absolute Gasteiger partial charge is 0.226 e. The van der Waals surface area contributed by atoms with Gasteiger partial charge in [0.25, 0.3) is 0 Å². The second-order valence-corrected chi connectivity index (χ2v) is 5.08. The average molecular weight is 300 g/mol. The number of nitrogens with one attached hydrogen (secondary N) is 1. The molecule has 3 rings (SSSR count). The van der Waals surface area contributed by atoms with Crippen molar-refractivity contribution in [2.45, 2.75) is 19.9 Å². The van der Waals surface area contributed by atoms with Gasteiger partial charge in [-0.25, -0.2) is 4.68 Å². The number of benzene rings is 1. The maximum atomic E-state index is 12.1. The molecule has 2 heterocycles. The molecule has 1 aromatic heterocycles. The zero-order valence-electron chi connectivity index (χ0n) is 12.5. The van der Waals surface area contributed by atoms with Gasteiger partial charge in [-0.15, -0.1) is 0 Å². The van der Waals surface area contributed by atoms with Crippen molar-refractivity contribution in [2.75, 3.05) is 12.4 Å². The van der Waals surface area contributed by atoms with Crippen molar-refractivity contribution >= 4 is 11.7 Å². The number of nitrogens with zero attached hydrogens (tertiary/aromatic N) is 3. The molecule has 114 valence electrons. The number of aromatic hydroxyl groups is 1. The molecule has 7 heteroatoms. The number of ether oxygens (including phenoxy) is 1. The summed E-state index contributed by atoms with van der Waals surface area (Å²) in [5, 5.41) is 17.3. The molecule has 1 atom stereocenters. The summed E-state index contributed by atoms with van der Waals surface area (Å²) < 4.78 is 6.69. The lowest BCUT2D eigenvalue weighted by Gasteiger charge is -2.28. The van der Waals surface area contributed by atoms with Crippen molar-refractivity contribution in [3.8, 4) is 11.5 Å². The van der Waals surface area contributed by atoms with E-state index in [9.17, 15) is 9.90 Å². The molecule has 0 spiro atoms. The maximum absolute atomic E-state index is 12.1. The topological polar surface area (TPSA) is 89.3 Å². The largest absolute Gasteiger partial charge is 0.504 e. The zero-order chi connectivity index (χ0) is 15.9. The quantitative estimate of drug-likeness (QED) is 0.899. The van der Waals surface area contributed by atoms with Crippen LogP contribution in [-0.2, 0) is 4.79 Å². The lowest BCUT2D eigenvalue weighted by molar-refractivity contribution is -0.114. The average Bonchev–Trinajstić information content (AvgIpc) is 2.93. The summed E-state index contributed by atoms with van der Waals surface area (Å²) >= 11 is 0. The van der Waals surface area contributed by atoms with E-state index in [1.807, 2.05) is 6.92 Å². The molecule has 0 amide bonds. The Balaban J connectivity index is 2.18. The number of hydrogen-bond donors (Lipinski definition) is 2. The number of phenolic OH excluding ortho intramolecular Hbond substituents is 1. The summed E-state index contributed by atoms with van der Waals surface area (Å²) in [5.41, 5.74) is 2.05. The predicted molar refractivity (Wildman–Crippen MR) is 79.8 cm³/mol. The van der Waals surface area contributed by atoms with Crippen LogP contribution in [0.1, 0.15) is 25.5 Å². The number of carbonyl (C=O) groups is 1. The van der Waals surface area contributed by atoms with E-state index in [1.165, 1.54) is 20.4 Å². The third kappa shape index (κ3) is 2.11. The molecule has 2 aromatic rings. The van der Waals surface area contributed by atoms with Crippen LogP contribution in [0.3, 0.4) is 0 Å². The van der Waals surface area contributed by atoms with Gasteiger partial charge in [0.05, 0.1) is 7.11 Å². The minimum Gasteiger partial charge on any atom is -0.504 e. The van der Waals surface area contributed by atoms with Gasteiger partial charge < -0.3 is 15.2 Å². The summed E-state index contributed by atoms with van der Waals surface area (Å²) in [6.45, 7) is 3.34. The minimum atomic E-state index is -0.437. The summed E-state index contributed by atoms with van der Waals surface area (Å²) in [7, 11) is 1.49. The van der Waals surface area contributed by atoms with E-state index in [0.717, 1.165) is 11.3 Å². The Kier molecular flexibility index (Phi) is 3.32. The molecule has 1 aliphatic heterocycles. The Labute approximate surface area is 127 Å². The van der Waals surface area contributed by atoms with Gasteiger partial charge in [0.1, 0.15) is 12.4 Å². The Morgan fingerprint density at radius 2 is 2.23 bits per heavy atom. The van der Waals surface area contributed by atoms with Gasteiger partial charge >= 0.3 is 0 Å². The van der Waals surface area contributed by atoms with Crippen LogP contribution in [0.2, 0.25) is 0 Å². The Morgan fingerprint density at radius 1 is 1.45 bits per heavy atom. The molecule has 0 aliphatic carbocycles. The van der Waals surface area contributed by atoms with Crippen molar-refractivity contribution in [1.29, 1.82) is 0 Å². The highest BCUT2D eigenvalue weighted by Gasteiger charge is 2.31. The van der Waals surface area contributed by atoms with Crippen molar-refractivity contribution in [3.05, 3.63) is 41.4 Å². The standard InChI is InChI=1S/C15H16N4O3/c1-8-13(9(2)20)14(19-15(18-8)16-7-17-19)10-4-5-12(22-3)11(21)6-10/h4-7,14,21H,1-3H3,(H,16,17,18)/t14-/m0/s1. The first kappa shape index (κ1) is 14.1. The van der Waals surface area contributed by atoms with E-state index < -0.39 is 6.04 Å².